The van der Waals surface area contributed by atoms with Crippen LogP contribution in [0.1, 0.15) is 10.4 Å². The number of hydrogen-bond donors (Lipinski definition) is 0. The first kappa shape index (κ1) is 15.8. The van der Waals surface area contributed by atoms with Crippen molar-refractivity contribution < 1.29 is 9.53 Å². The number of carbonyl (C=O) groups excluding carboxylic acids is 1. The molecule has 7 nitrogen and oxygen atoms in total. The molecule has 0 bridgehead atoms. The van der Waals surface area contributed by atoms with E-state index in [4.69, 9.17) is 4.74 Å². The number of nitrogens with zero attached hydrogens (tertiary/aromatic N) is 4. The van der Waals surface area contributed by atoms with Gasteiger partial charge in [-0.3, -0.25) is 4.79 Å². The Morgan fingerprint density at radius 2 is 1.81 bits per heavy atom. The summed E-state index contributed by atoms with van der Waals surface area (Å²) in [7, 11) is 0. The van der Waals surface area contributed by atoms with Crippen LogP contribution in [0.4, 0.5) is 0 Å². The molecule has 0 aliphatic rings. The summed E-state index contributed by atoms with van der Waals surface area (Å²) in [5.41, 5.74) is 1.37. The van der Waals surface area contributed by atoms with Gasteiger partial charge in [0.05, 0.1) is 10.9 Å². The molecule has 128 valence electrons. The quantitative estimate of drug-likeness (QED) is 0.530. The summed E-state index contributed by atoms with van der Waals surface area (Å²) < 4.78 is 8.14. The summed E-state index contributed by atoms with van der Waals surface area (Å²) in [5.74, 6) is -0.541. The first-order valence-electron chi connectivity index (χ1n) is 7.95. The van der Waals surface area contributed by atoms with E-state index in [0.717, 1.165) is 10.4 Å². The van der Waals surface area contributed by atoms with Gasteiger partial charge in [-0.25, -0.2) is 4.79 Å². The molecule has 4 aromatic rings. The second kappa shape index (κ2) is 6.64. The van der Waals surface area contributed by atoms with Crippen molar-refractivity contribution in [1.29, 1.82) is 0 Å². The Morgan fingerprint density at radius 3 is 2.65 bits per heavy atom. The molecule has 0 unspecified atom stereocenters. The largest absolute Gasteiger partial charge is 0.439 e. The molecular weight excluding hydrogens is 332 g/mol. The Bertz CT molecular complexity index is 1130. The zero-order chi connectivity index (χ0) is 17.9. The van der Waals surface area contributed by atoms with Gasteiger partial charge in [0, 0.05) is 18.1 Å². The normalized spacial score (nSPS) is 10.8. The summed E-state index contributed by atoms with van der Waals surface area (Å²) in [6, 6.07) is 17.7. The Morgan fingerprint density at radius 1 is 1.00 bits per heavy atom. The maximum atomic E-state index is 12.4. The van der Waals surface area contributed by atoms with Crippen molar-refractivity contribution in [2.24, 2.45) is 0 Å². The van der Waals surface area contributed by atoms with Gasteiger partial charge < -0.3 is 9.30 Å². The highest BCUT2D eigenvalue weighted by Gasteiger charge is 2.11. The number of benzene rings is 2. The lowest BCUT2D eigenvalue weighted by Crippen LogP contribution is -2.26. The van der Waals surface area contributed by atoms with Crippen LogP contribution in [0, 0.1) is 0 Å². The van der Waals surface area contributed by atoms with Crippen LogP contribution in [0.25, 0.3) is 16.6 Å². The van der Waals surface area contributed by atoms with Crippen LogP contribution in [0.15, 0.2) is 77.9 Å². The zero-order valence-electron chi connectivity index (χ0n) is 13.6. The Balaban J connectivity index is 1.54. The Kier molecular flexibility index (Phi) is 4.03. The van der Waals surface area contributed by atoms with Gasteiger partial charge in [-0.05, 0) is 42.5 Å². The molecule has 2 heterocycles. The fourth-order valence-electron chi connectivity index (χ4n) is 2.61. The van der Waals surface area contributed by atoms with Gasteiger partial charge >= 0.3 is 5.97 Å². The molecule has 0 N–H and O–H groups in total. The molecule has 0 saturated heterocycles. The third-order valence-corrected chi connectivity index (χ3v) is 3.93. The van der Waals surface area contributed by atoms with Gasteiger partial charge in [-0.1, -0.05) is 23.4 Å². The van der Waals surface area contributed by atoms with E-state index in [-0.39, 0.29) is 12.3 Å². The standard InChI is InChI=1S/C19H14N4O3/c24-18-16-8-1-2-9-17(16)20-21-23(18)13-26-19(25)14-6-5-7-15(12-14)22-10-3-4-11-22/h1-12H,13H2. The number of carbonyl (C=O) groups is 1. The number of hydrogen-bond acceptors (Lipinski definition) is 5. The average Bonchev–Trinajstić information content (AvgIpc) is 3.22. The summed E-state index contributed by atoms with van der Waals surface area (Å²) in [6.45, 7) is -0.302. The van der Waals surface area contributed by atoms with E-state index in [1.165, 1.54) is 0 Å². The second-order valence-corrected chi connectivity index (χ2v) is 5.61. The molecule has 2 aromatic heterocycles. The summed E-state index contributed by atoms with van der Waals surface area (Å²) in [5, 5.41) is 8.19. The van der Waals surface area contributed by atoms with E-state index in [1.54, 1.807) is 42.5 Å². The zero-order valence-corrected chi connectivity index (χ0v) is 13.6. The SMILES string of the molecule is O=C(OCn1nnc2ccccc2c1=O)c1cccc(-n2cccc2)c1. The van der Waals surface area contributed by atoms with E-state index in [1.807, 2.05) is 35.2 Å². The van der Waals surface area contributed by atoms with Crippen molar-refractivity contribution in [1.82, 2.24) is 19.6 Å². The molecule has 0 amide bonds. The van der Waals surface area contributed by atoms with Gasteiger partial charge in [-0.2, -0.15) is 4.68 Å². The van der Waals surface area contributed by atoms with Crippen molar-refractivity contribution in [3.05, 3.63) is 89.0 Å². The van der Waals surface area contributed by atoms with Crippen LogP contribution < -0.4 is 5.56 Å². The molecule has 0 aliphatic carbocycles. The van der Waals surface area contributed by atoms with Gasteiger partial charge in [-0.15, -0.1) is 5.10 Å². The van der Waals surface area contributed by atoms with Crippen molar-refractivity contribution in [3.8, 4) is 5.69 Å². The number of aromatic nitrogens is 4. The number of ether oxygens (including phenoxy) is 1. The van der Waals surface area contributed by atoms with Gasteiger partial charge in [0.1, 0.15) is 5.52 Å². The van der Waals surface area contributed by atoms with E-state index < -0.39 is 5.97 Å². The van der Waals surface area contributed by atoms with Crippen molar-refractivity contribution in [3.63, 3.8) is 0 Å². The first-order chi connectivity index (χ1) is 12.7. The maximum absolute atomic E-state index is 12.4. The predicted molar refractivity (Wildman–Crippen MR) is 95.0 cm³/mol. The third-order valence-electron chi connectivity index (χ3n) is 3.93. The number of rotatable bonds is 4. The predicted octanol–water partition coefficient (Wildman–Crippen LogP) is 2.40. The summed E-state index contributed by atoms with van der Waals surface area (Å²) in [6.07, 6.45) is 3.77. The topological polar surface area (TPSA) is 79.0 Å². The first-order valence-corrected chi connectivity index (χ1v) is 7.95. The molecule has 0 saturated carbocycles. The minimum absolute atomic E-state index is 0.302. The molecule has 0 spiro atoms. The van der Waals surface area contributed by atoms with Crippen LogP contribution in [0.2, 0.25) is 0 Å². The van der Waals surface area contributed by atoms with E-state index >= 15 is 0 Å². The minimum Gasteiger partial charge on any atom is -0.439 e. The summed E-state index contributed by atoms with van der Waals surface area (Å²) >= 11 is 0. The van der Waals surface area contributed by atoms with Gasteiger partial charge in [0.25, 0.3) is 5.56 Å². The lowest BCUT2D eigenvalue weighted by atomic mass is 10.2. The van der Waals surface area contributed by atoms with Crippen LogP contribution in [0.5, 0.6) is 0 Å². The van der Waals surface area contributed by atoms with Gasteiger partial charge in [0.2, 0.25) is 0 Å². The molecule has 0 aliphatic heterocycles. The lowest BCUT2D eigenvalue weighted by molar-refractivity contribution is 0.0336. The monoisotopic (exact) mass is 346 g/mol. The van der Waals surface area contributed by atoms with Crippen molar-refractivity contribution in [2.75, 3.05) is 0 Å². The minimum atomic E-state index is -0.541. The molecule has 0 atom stereocenters. The summed E-state index contributed by atoms with van der Waals surface area (Å²) in [4.78, 5) is 24.7. The fourth-order valence-corrected chi connectivity index (χ4v) is 2.61. The van der Waals surface area contributed by atoms with Gasteiger partial charge in [0.15, 0.2) is 6.73 Å². The van der Waals surface area contributed by atoms with Crippen LogP contribution >= 0.6 is 0 Å². The van der Waals surface area contributed by atoms with Crippen LogP contribution in [-0.4, -0.2) is 25.5 Å². The van der Waals surface area contributed by atoms with Crippen LogP contribution in [0.3, 0.4) is 0 Å². The second-order valence-electron chi connectivity index (χ2n) is 5.61. The Hall–Kier alpha value is -3.74. The molecule has 2 aromatic carbocycles. The number of fused-ring (bicyclic) bond motifs is 1. The van der Waals surface area contributed by atoms with Crippen LogP contribution in [-0.2, 0) is 11.5 Å². The highest BCUT2D eigenvalue weighted by Crippen LogP contribution is 2.12. The smallest absolute Gasteiger partial charge is 0.339 e. The highest BCUT2D eigenvalue weighted by molar-refractivity contribution is 5.90. The third kappa shape index (κ3) is 2.98. The van der Waals surface area contributed by atoms with Crippen molar-refractivity contribution >= 4 is 16.9 Å². The molecule has 7 heteroatoms. The maximum Gasteiger partial charge on any atom is 0.339 e. The lowest BCUT2D eigenvalue weighted by Gasteiger charge is -2.08. The van der Waals surface area contributed by atoms with E-state index in [9.17, 15) is 9.59 Å². The van der Waals surface area contributed by atoms with E-state index in [0.29, 0.717) is 16.5 Å². The highest BCUT2D eigenvalue weighted by atomic mass is 16.5. The number of esters is 1. The molecule has 0 fully saturated rings. The van der Waals surface area contributed by atoms with E-state index in [2.05, 4.69) is 10.3 Å². The molecular formula is C19H14N4O3. The Labute approximate surface area is 148 Å². The average molecular weight is 346 g/mol. The fraction of sp³-hybridized carbons (Fsp3) is 0.0526. The molecule has 26 heavy (non-hydrogen) atoms. The molecule has 0 radical (unpaired) electrons. The molecule has 4 rings (SSSR count). The van der Waals surface area contributed by atoms with Crippen molar-refractivity contribution in [2.45, 2.75) is 6.73 Å².